The van der Waals surface area contributed by atoms with Crippen LogP contribution in [-0.4, -0.2) is 21.2 Å². The molecule has 0 amide bonds. The third kappa shape index (κ3) is 4.82. The first-order chi connectivity index (χ1) is 11.0. The Morgan fingerprint density at radius 2 is 2.09 bits per heavy atom. The summed E-state index contributed by atoms with van der Waals surface area (Å²) in [5.74, 6) is -2.18. The molecule has 5 nitrogen and oxygen atoms in total. The van der Waals surface area contributed by atoms with Gasteiger partial charge >= 0.3 is 5.97 Å². The number of carbonyl (C=O) groups is 2. The summed E-state index contributed by atoms with van der Waals surface area (Å²) in [6.45, 7) is 2.18. The van der Waals surface area contributed by atoms with Crippen molar-refractivity contribution < 1.29 is 19.1 Å². The van der Waals surface area contributed by atoms with Crippen molar-refractivity contribution >= 4 is 34.8 Å². The average molecular weight is 335 g/mol. The molecule has 0 aliphatic carbocycles. The summed E-state index contributed by atoms with van der Waals surface area (Å²) in [4.78, 5) is 26.7. The molecule has 6 heteroatoms. The second-order valence-electron chi connectivity index (χ2n) is 5.65. The van der Waals surface area contributed by atoms with Crippen LogP contribution >= 0.6 is 12.6 Å². The van der Waals surface area contributed by atoms with Gasteiger partial charge in [0.2, 0.25) is 5.89 Å². The van der Waals surface area contributed by atoms with Crippen molar-refractivity contribution in [2.75, 3.05) is 0 Å². The molecule has 2 aromatic rings. The number of nitrogens with zero attached hydrogens (tertiary/aromatic N) is 1. The van der Waals surface area contributed by atoms with E-state index in [2.05, 4.69) is 24.5 Å². The molecule has 1 atom stereocenters. The van der Waals surface area contributed by atoms with E-state index in [9.17, 15) is 14.7 Å². The standard InChI is InChI=1S/C17H21NO4S/c1-2-3-4-5-6-11-7-8-14-13(9-11)18-16(22-14)12(17(20)21)10-15(19)23/h7-9,12H,2-6,10H2,1H3,(H,19,23)(H,20,21). The van der Waals surface area contributed by atoms with E-state index in [4.69, 9.17) is 4.42 Å². The van der Waals surface area contributed by atoms with Gasteiger partial charge in [0.25, 0.3) is 0 Å². The van der Waals surface area contributed by atoms with Crippen molar-refractivity contribution in [2.24, 2.45) is 0 Å². The van der Waals surface area contributed by atoms with Crippen LogP contribution in [0.25, 0.3) is 11.1 Å². The number of fused-ring (bicyclic) bond motifs is 1. The molecule has 0 saturated heterocycles. The van der Waals surface area contributed by atoms with E-state index >= 15 is 0 Å². The van der Waals surface area contributed by atoms with E-state index < -0.39 is 17.0 Å². The Balaban J connectivity index is 2.17. The highest BCUT2D eigenvalue weighted by Crippen LogP contribution is 2.26. The number of aromatic nitrogens is 1. The number of carboxylic acids is 1. The Kier molecular flexibility index (Phi) is 6.21. The number of oxazole rings is 1. The summed E-state index contributed by atoms with van der Waals surface area (Å²) in [7, 11) is 0. The number of unbranched alkanes of at least 4 members (excludes halogenated alkanes) is 3. The number of hydrogen-bond acceptors (Lipinski definition) is 4. The lowest BCUT2D eigenvalue weighted by molar-refractivity contribution is -0.140. The lowest BCUT2D eigenvalue weighted by atomic mass is 10.1. The number of rotatable bonds is 9. The fraction of sp³-hybridized carbons (Fsp3) is 0.471. The monoisotopic (exact) mass is 335 g/mol. The molecule has 1 unspecified atom stereocenters. The molecule has 0 spiro atoms. The second-order valence-corrected chi connectivity index (χ2v) is 6.15. The smallest absolute Gasteiger partial charge is 0.316 e. The van der Waals surface area contributed by atoms with Crippen molar-refractivity contribution in [1.29, 1.82) is 0 Å². The maximum absolute atomic E-state index is 11.3. The van der Waals surface area contributed by atoms with Crippen molar-refractivity contribution in [3.63, 3.8) is 0 Å². The van der Waals surface area contributed by atoms with Gasteiger partial charge < -0.3 is 9.52 Å². The van der Waals surface area contributed by atoms with Gasteiger partial charge in [-0.05, 0) is 30.5 Å². The number of aryl methyl sites for hydroxylation is 1. The number of carboxylic acid groups (broad SMARTS) is 1. The van der Waals surface area contributed by atoms with Gasteiger partial charge in [-0.1, -0.05) is 32.3 Å². The number of aliphatic carboxylic acids is 1. The zero-order valence-electron chi connectivity index (χ0n) is 13.1. The number of carbonyl (C=O) groups excluding carboxylic acids is 1. The number of thiol groups is 1. The molecule has 1 N–H and O–H groups in total. The largest absolute Gasteiger partial charge is 0.481 e. The van der Waals surface area contributed by atoms with E-state index in [1.54, 1.807) is 0 Å². The van der Waals surface area contributed by atoms with Crippen LogP contribution < -0.4 is 0 Å². The summed E-state index contributed by atoms with van der Waals surface area (Å²) in [5.41, 5.74) is 2.33. The second kappa shape index (κ2) is 8.15. The molecule has 0 aliphatic rings. The lowest BCUT2D eigenvalue weighted by Gasteiger charge is -2.04. The molecule has 1 heterocycles. The maximum Gasteiger partial charge on any atom is 0.316 e. The minimum atomic E-state index is -1.14. The molecule has 0 saturated carbocycles. The van der Waals surface area contributed by atoms with Gasteiger partial charge in [-0.2, -0.15) is 0 Å². The quantitative estimate of drug-likeness (QED) is 0.535. The van der Waals surface area contributed by atoms with E-state index in [-0.39, 0.29) is 12.3 Å². The van der Waals surface area contributed by atoms with Gasteiger partial charge in [-0.15, -0.1) is 12.6 Å². The highest BCUT2D eigenvalue weighted by Gasteiger charge is 2.27. The fourth-order valence-electron chi connectivity index (χ4n) is 2.51. The predicted molar refractivity (Wildman–Crippen MR) is 90.8 cm³/mol. The van der Waals surface area contributed by atoms with Crippen molar-refractivity contribution in [1.82, 2.24) is 4.98 Å². The topological polar surface area (TPSA) is 80.4 Å². The molecular formula is C17H21NO4S. The highest BCUT2D eigenvalue weighted by atomic mass is 32.1. The minimum Gasteiger partial charge on any atom is -0.481 e. The summed E-state index contributed by atoms with van der Waals surface area (Å²) < 4.78 is 5.51. The zero-order valence-corrected chi connectivity index (χ0v) is 14.0. The normalized spacial score (nSPS) is 12.4. The first-order valence-electron chi connectivity index (χ1n) is 7.85. The van der Waals surface area contributed by atoms with Gasteiger partial charge in [0.15, 0.2) is 10.7 Å². The van der Waals surface area contributed by atoms with E-state index in [0.29, 0.717) is 11.1 Å². The van der Waals surface area contributed by atoms with Gasteiger partial charge in [0.1, 0.15) is 11.4 Å². The van der Waals surface area contributed by atoms with Crippen LogP contribution in [-0.2, 0) is 16.0 Å². The molecule has 1 aromatic carbocycles. The summed E-state index contributed by atoms with van der Waals surface area (Å²) in [6, 6.07) is 5.71. The maximum atomic E-state index is 11.3. The number of benzene rings is 1. The Hall–Kier alpha value is -1.82. The Labute approximate surface area is 140 Å². The van der Waals surface area contributed by atoms with Crippen molar-refractivity contribution in [3.05, 3.63) is 29.7 Å². The Morgan fingerprint density at radius 1 is 1.30 bits per heavy atom. The summed E-state index contributed by atoms with van der Waals surface area (Å²) in [6.07, 6.45) is 5.48. The molecule has 0 aliphatic heterocycles. The van der Waals surface area contributed by atoms with E-state index in [1.807, 2.05) is 18.2 Å². The van der Waals surface area contributed by atoms with Crippen LogP contribution in [0.2, 0.25) is 0 Å². The van der Waals surface area contributed by atoms with Gasteiger partial charge in [0, 0.05) is 6.42 Å². The number of hydrogen-bond donors (Lipinski definition) is 2. The highest BCUT2D eigenvalue weighted by molar-refractivity contribution is 7.96. The van der Waals surface area contributed by atoms with Crippen LogP contribution in [0, 0.1) is 0 Å². The first kappa shape index (κ1) is 17.5. The van der Waals surface area contributed by atoms with Gasteiger partial charge in [-0.3, -0.25) is 9.59 Å². The molecule has 0 fully saturated rings. The molecule has 124 valence electrons. The third-order valence-electron chi connectivity index (χ3n) is 3.76. The van der Waals surface area contributed by atoms with Crippen molar-refractivity contribution in [2.45, 2.75) is 51.4 Å². The minimum absolute atomic E-state index is 0.0537. The molecule has 1 aromatic heterocycles. The molecule has 2 rings (SSSR count). The molecular weight excluding hydrogens is 314 g/mol. The zero-order chi connectivity index (χ0) is 16.8. The third-order valence-corrected chi connectivity index (χ3v) is 3.95. The average Bonchev–Trinajstić information content (AvgIpc) is 2.91. The fourth-order valence-corrected chi connectivity index (χ4v) is 2.69. The summed E-state index contributed by atoms with van der Waals surface area (Å²) >= 11 is 3.65. The Morgan fingerprint density at radius 3 is 2.74 bits per heavy atom. The summed E-state index contributed by atoms with van der Waals surface area (Å²) in [5, 5.41) is 8.73. The first-order valence-corrected chi connectivity index (χ1v) is 8.30. The van der Waals surface area contributed by atoms with E-state index in [0.717, 1.165) is 18.4 Å². The SMILES string of the molecule is CCCCCCc1ccc2oc(C(CC(=O)S)C(=O)O)nc2c1. The molecule has 0 bridgehead atoms. The molecule has 0 radical (unpaired) electrons. The van der Waals surface area contributed by atoms with Crippen LogP contribution in [0.3, 0.4) is 0 Å². The van der Waals surface area contributed by atoms with Crippen molar-refractivity contribution in [3.8, 4) is 0 Å². The van der Waals surface area contributed by atoms with E-state index in [1.165, 1.54) is 19.3 Å². The Bertz CT molecular complexity index is 695. The van der Waals surface area contributed by atoms with Crippen LogP contribution in [0.4, 0.5) is 0 Å². The van der Waals surface area contributed by atoms with Gasteiger partial charge in [0.05, 0.1) is 0 Å². The predicted octanol–water partition coefficient (Wildman–Crippen LogP) is 3.97. The van der Waals surface area contributed by atoms with Crippen LogP contribution in [0.15, 0.2) is 22.6 Å². The van der Waals surface area contributed by atoms with Crippen LogP contribution in [0.1, 0.15) is 56.4 Å². The molecule has 23 heavy (non-hydrogen) atoms. The van der Waals surface area contributed by atoms with Crippen LogP contribution in [0.5, 0.6) is 0 Å². The van der Waals surface area contributed by atoms with Gasteiger partial charge in [-0.25, -0.2) is 4.98 Å². The lowest BCUT2D eigenvalue weighted by Crippen LogP contribution is -2.14.